The van der Waals surface area contributed by atoms with Crippen molar-refractivity contribution in [1.82, 2.24) is 4.90 Å². The maximum Gasteiger partial charge on any atom is 0.0757 e. The predicted octanol–water partition coefficient (Wildman–Crippen LogP) is 1.34. The van der Waals surface area contributed by atoms with Gasteiger partial charge >= 0.3 is 0 Å². The lowest BCUT2D eigenvalue weighted by Gasteiger charge is -2.24. The number of thioether (sulfide) groups is 1. The van der Waals surface area contributed by atoms with Crippen molar-refractivity contribution >= 4 is 11.8 Å². The summed E-state index contributed by atoms with van der Waals surface area (Å²) in [6.45, 7) is 3.61. The van der Waals surface area contributed by atoms with Crippen LogP contribution in [0.4, 0.5) is 0 Å². The molecule has 2 nitrogen and oxygen atoms in total. The van der Waals surface area contributed by atoms with Gasteiger partial charge in [-0.15, -0.1) is 0 Å². The van der Waals surface area contributed by atoms with E-state index >= 15 is 0 Å². The summed E-state index contributed by atoms with van der Waals surface area (Å²) in [7, 11) is 0. The second-order valence-electron chi connectivity index (χ2n) is 4.33. The molecule has 2 fully saturated rings. The third kappa shape index (κ3) is 2.61. The molecule has 3 heteroatoms. The van der Waals surface area contributed by atoms with Gasteiger partial charge in [0.25, 0.3) is 0 Å². The summed E-state index contributed by atoms with van der Waals surface area (Å²) >= 11 is 1.89. The molecule has 1 N–H and O–H groups in total. The molecule has 13 heavy (non-hydrogen) atoms. The van der Waals surface area contributed by atoms with E-state index < -0.39 is 0 Å². The van der Waals surface area contributed by atoms with Gasteiger partial charge in [0.2, 0.25) is 0 Å². The summed E-state index contributed by atoms with van der Waals surface area (Å²) in [5.74, 6) is 2.11. The molecule has 2 heterocycles. The third-order valence-corrected chi connectivity index (χ3v) is 4.41. The van der Waals surface area contributed by atoms with Gasteiger partial charge in [0, 0.05) is 12.3 Å². The van der Waals surface area contributed by atoms with Gasteiger partial charge in [-0.25, -0.2) is 0 Å². The van der Waals surface area contributed by atoms with Crippen molar-refractivity contribution < 1.29 is 5.11 Å². The molecule has 0 aromatic rings. The number of rotatable bonds is 3. The Kier molecular flexibility index (Phi) is 3.17. The Bertz CT molecular complexity index is 162. The molecule has 2 rings (SSSR count). The van der Waals surface area contributed by atoms with Crippen molar-refractivity contribution in [2.75, 3.05) is 31.1 Å². The topological polar surface area (TPSA) is 23.5 Å². The summed E-state index contributed by atoms with van der Waals surface area (Å²) < 4.78 is 0. The standard InChI is InChI=1S/C10H19NOS/c12-10(4-8-13-9-10)3-7-11-5-1-2-6-11/h12H,1-9H2. The van der Waals surface area contributed by atoms with Crippen molar-refractivity contribution in [2.24, 2.45) is 0 Å². The van der Waals surface area contributed by atoms with E-state index in [1.54, 1.807) is 0 Å². The zero-order valence-corrected chi connectivity index (χ0v) is 8.98. The molecule has 2 saturated heterocycles. The van der Waals surface area contributed by atoms with Crippen LogP contribution in [0.5, 0.6) is 0 Å². The normalized spacial score (nSPS) is 35.8. The van der Waals surface area contributed by atoms with Gasteiger partial charge in [0.05, 0.1) is 5.60 Å². The Morgan fingerprint density at radius 1 is 1.31 bits per heavy atom. The van der Waals surface area contributed by atoms with Gasteiger partial charge in [-0.1, -0.05) is 0 Å². The minimum atomic E-state index is -0.326. The van der Waals surface area contributed by atoms with Gasteiger partial charge in [0.15, 0.2) is 0 Å². The average molecular weight is 201 g/mol. The Balaban J connectivity index is 1.71. The monoisotopic (exact) mass is 201 g/mol. The van der Waals surface area contributed by atoms with E-state index in [0.717, 1.165) is 30.9 Å². The number of hydrogen-bond acceptors (Lipinski definition) is 3. The second-order valence-corrected chi connectivity index (χ2v) is 5.43. The first-order valence-electron chi connectivity index (χ1n) is 5.31. The van der Waals surface area contributed by atoms with Crippen LogP contribution in [0, 0.1) is 0 Å². The molecule has 0 radical (unpaired) electrons. The molecule has 2 aliphatic rings. The molecule has 0 amide bonds. The van der Waals surface area contributed by atoms with E-state index in [-0.39, 0.29) is 5.60 Å². The molecule has 0 bridgehead atoms. The Morgan fingerprint density at radius 2 is 2.08 bits per heavy atom. The van der Waals surface area contributed by atoms with Crippen molar-refractivity contribution in [3.63, 3.8) is 0 Å². The van der Waals surface area contributed by atoms with Crippen LogP contribution in [0.3, 0.4) is 0 Å². The highest BCUT2D eigenvalue weighted by molar-refractivity contribution is 7.99. The largest absolute Gasteiger partial charge is 0.389 e. The second kappa shape index (κ2) is 4.20. The predicted molar refractivity (Wildman–Crippen MR) is 57.2 cm³/mol. The zero-order valence-electron chi connectivity index (χ0n) is 8.17. The number of nitrogens with zero attached hydrogens (tertiary/aromatic N) is 1. The van der Waals surface area contributed by atoms with Crippen LogP contribution in [0.1, 0.15) is 25.7 Å². The molecular weight excluding hydrogens is 182 g/mol. The Labute approximate surface area is 84.7 Å². The molecule has 0 spiro atoms. The fraction of sp³-hybridized carbons (Fsp3) is 1.00. The number of aliphatic hydroxyl groups is 1. The van der Waals surface area contributed by atoms with Gasteiger partial charge in [-0.2, -0.15) is 11.8 Å². The summed E-state index contributed by atoms with van der Waals surface area (Å²) in [4.78, 5) is 2.49. The molecule has 0 aliphatic carbocycles. The number of likely N-dealkylation sites (tertiary alicyclic amines) is 1. The molecule has 0 aromatic carbocycles. The molecule has 1 unspecified atom stereocenters. The summed E-state index contributed by atoms with van der Waals surface area (Å²) in [6, 6.07) is 0. The first-order valence-corrected chi connectivity index (χ1v) is 6.47. The lowest BCUT2D eigenvalue weighted by atomic mass is 9.99. The van der Waals surface area contributed by atoms with Gasteiger partial charge < -0.3 is 10.0 Å². The van der Waals surface area contributed by atoms with Gasteiger partial charge in [-0.3, -0.25) is 0 Å². The third-order valence-electron chi connectivity index (χ3n) is 3.17. The average Bonchev–Trinajstić information content (AvgIpc) is 2.72. The van der Waals surface area contributed by atoms with Crippen molar-refractivity contribution in [2.45, 2.75) is 31.3 Å². The van der Waals surface area contributed by atoms with Gasteiger partial charge in [-0.05, 0) is 44.5 Å². The van der Waals surface area contributed by atoms with Crippen LogP contribution in [0.15, 0.2) is 0 Å². The smallest absolute Gasteiger partial charge is 0.0757 e. The highest BCUT2D eigenvalue weighted by Gasteiger charge is 2.31. The first-order chi connectivity index (χ1) is 6.29. The summed E-state index contributed by atoms with van der Waals surface area (Å²) in [5.41, 5.74) is -0.326. The zero-order chi connectivity index (χ0) is 9.15. The minimum Gasteiger partial charge on any atom is -0.389 e. The minimum absolute atomic E-state index is 0.326. The van der Waals surface area contributed by atoms with Crippen LogP contribution >= 0.6 is 11.8 Å². The van der Waals surface area contributed by atoms with E-state index in [1.807, 2.05) is 11.8 Å². The molecule has 2 aliphatic heterocycles. The fourth-order valence-corrected chi connectivity index (χ4v) is 3.50. The maximum atomic E-state index is 10.1. The summed E-state index contributed by atoms with van der Waals surface area (Å²) in [5, 5.41) is 10.1. The van der Waals surface area contributed by atoms with Gasteiger partial charge in [0.1, 0.15) is 0 Å². The molecule has 0 saturated carbocycles. The van der Waals surface area contributed by atoms with E-state index in [9.17, 15) is 5.11 Å². The summed E-state index contributed by atoms with van der Waals surface area (Å²) in [6.07, 6.45) is 4.70. The Morgan fingerprint density at radius 3 is 2.69 bits per heavy atom. The van der Waals surface area contributed by atoms with Crippen LogP contribution in [-0.2, 0) is 0 Å². The van der Waals surface area contributed by atoms with Crippen molar-refractivity contribution in [3.05, 3.63) is 0 Å². The van der Waals surface area contributed by atoms with E-state index in [2.05, 4.69) is 4.90 Å². The van der Waals surface area contributed by atoms with Crippen LogP contribution in [-0.4, -0.2) is 46.7 Å². The molecule has 1 atom stereocenters. The lowest BCUT2D eigenvalue weighted by molar-refractivity contribution is 0.0493. The van der Waals surface area contributed by atoms with E-state index in [0.29, 0.717) is 0 Å². The van der Waals surface area contributed by atoms with Crippen LogP contribution in [0.2, 0.25) is 0 Å². The fourth-order valence-electron chi connectivity index (χ4n) is 2.17. The quantitative estimate of drug-likeness (QED) is 0.745. The van der Waals surface area contributed by atoms with Crippen molar-refractivity contribution in [1.29, 1.82) is 0 Å². The van der Waals surface area contributed by atoms with Crippen molar-refractivity contribution in [3.8, 4) is 0 Å². The van der Waals surface area contributed by atoms with Crippen LogP contribution < -0.4 is 0 Å². The first kappa shape index (κ1) is 9.81. The highest BCUT2D eigenvalue weighted by atomic mass is 32.2. The molecule has 76 valence electrons. The maximum absolute atomic E-state index is 10.1. The SMILES string of the molecule is OC1(CCN2CCCC2)CCSC1. The Hall–Kier alpha value is 0.270. The van der Waals surface area contributed by atoms with E-state index in [1.165, 1.54) is 25.9 Å². The number of hydrogen-bond donors (Lipinski definition) is 1. The molecule has 0 aromatic heterocycles. The van der Waals surface area contributed by atoms with Crippen LogP contribution in [0.25, 0.3) is 0 Å². The molecular formula is C10H19NOS. The highest BCUT2D eigenvalue weighted by Crippen LogP contribution is 2.30. The lowest BCUT2D eigenvalue weighted by Crippen LogP contribution is -2.34. The van der Waals surface area contributed by atoms with E-state index in [4.69, 9.17) is 0 Å².